The standard InChI is InChI=1S/C25H23N3O6S/c1-14-7-5-6-8-17(14)23-27-18-13-16(9-10-19(18)34-23)26-25(30)28-35-24(29)15-11-20(31-2)22(33-4)21(12-15)32-3/h5-13H,1-4H3,(H2,26,28,30). The van der Waals surface area contributed by atoms with Crippen LogP contribution in [0.25, 0.3) is 22.6 Å². The zero-order valence-electron chi connectivity index (χ0n) is 19.5. The van der Waals surface area contributed by atoms with Crippen LogP contribution in [-0.2, 0) is 0 Å². The maximum atomic E-state index is 12.6. The first kappa shape index (κ1) is 24.0. The molecule has 9 nitrogen and oxygen atoms in total. The van der Waals surface area contributed by atoms with Gasteiger partial charge in [-0.05, 0) is 48.9 Å². The lowest BCUT2D eigenvalue weighted by atomic mass is 10.1. The summed E-state index contributed by atoms with van der Waals surface area (Å²) in [6, 6.07) is 15.4. The third-order valence-corrected chi connectivity index (χ3v) is 5.87. The number of nitrogens with one attached hydrogen (secondary N) is 2. The lowest BCUT2D eigenvalue weighted by Gasteiger charge is -2.13. The lowest BCUT2D eigenvalue weighted by Crippen LogP contribution is -2.24. The summed E-state index contributed by atoms with van der Waals surface area (Å²) in [5.74, 6) is 1.56. The van der Waals surface area contributed by atoms with Crippen LogP contribution >= 0.6 is 11.9 Å². The van der Waals surface area contributed by atoms with Crippen molar-refractivity contribution in [1.29, 1.82) is 0 Å². The minimum Gasteiger partial charge on any atom is -0.493 e. The van der Waals surface area contributed by atoms with Gasteiger partial charge in [0.25, 0.3) is 0 Å². The molecule has 1 heterocycles. The zero-order valence-corrected chi connectivity index (χ0v) is 20.3. The monoisotopic (exact) mass is 493 g/mol. The van der Waals surface area contributed by atoms with Crippen molar-refractivity contribution in [3.8, 4) is 28.7 Å². The molecule has 4 aromatic rings. The quantitative estimate of drug-likeness (QED) is 0.342. The zero-order chi connectivity index (χ0) is 24.9. The Bertz CT molecular complexity index is 1380. The minimum atomic E-state index is -0.572. The van der Waals surface area contributed by atoms with Crippen LogP contribution < -0.4 is 24.2 Å². The van der Waals surface area contributed by atoms with Crippen molar-refractivity contribution in [3.05, 3.63) is 65.7 Å². The molecule has 0 aliphatic rings. The summed E-state index contributed by atoms with van der Waals surface area (Å²) >= 11 is 0.628. The van der Waals surface area contributed by atoms with E-state index in [-0.39, 0.29) is 5.56 Å². The third-order valence-electron chi connectivity index (χ3n) is 5.16. The van der Waals surface area contributed by atoms with Crippen molar-refractivity contribution in [3.63, 3.8) is 0 Å². The molecular formula is C25H23N3O6S. The number of hydrogen-bond acceptors (Lipinski definition) is 8. The number of nitrogens with zero attached hydrogens (tertiary/aromatic N) is 1. The Balaban J connectivity index is 1.43. The molecule has 1 aromatic heterocycles. The van der Waals surface area contributed by atoms with Gasteiger partial charge in [0.15, 0.2) is 17.1 Å². The van der Waals surface area contributed by atoms with Crippen molar-refractivity contribution in [2.75, 3.05) is 26.6 Å². The number of ether oxygens (including phenoxy) is 3. The highest BCUT2D eigenvalue weighted by molar-refractivity contribution is 8.12. The van der Waals surface area contributed by atoms with E-state index < -0.39 is 11.1 Å². The first-order valence-electron chi connectivity index (χ1n) is 10.5. The van der Waals surface area contributed by atoms with Crippen LogP contribution in [0.15, 0.2) is 59.0 Å². The van der Waals surface area contributed by atoms with Crippen LogP contribution in [0, 0.1) is 6.92 Å². The summed E-state index contributed by atoms with van der Waals surface area (Å²) in [6.07, 6.45) is 0. The molecular weight excluding hydrogens is 470 g/mol. The number of carbonyl (C=O) groups excluding carboxylic acids is 2. The van der Waals surface area contributed by atoms with E-state index >= 15 is 0 Å². The van der Waals surface area contributed by atoms with E-state index in [4.69, 9.17) is 18.6 Å². The molecule has 2 amide bonds. The average Bonchev–Trinajstić information content (AvgIpc) is 3.29. The Morgan fingerprint density at radius 3 is 2.31 bits per heavy atom. The molecule has 0 aliphatic carbocycles. The Morgan fingerprint density at radius 2 is 1.66 bits per heavy atom. The molecule has 2 N–H and O–H groups in total. The molecule has 0 bridgehead atoms. The summed E-state index contributed by atoms with van der Waals surface area (Å²) in [4.78, 5) is 29.6. The van der Waals surface area contributed by atoms with Gasteiger partial charge in [-0.25, -0.2) is 9.78 Å². The van der Waals surface area contributed by atoms with Gasteiger partial charge in [0.2, 0.25) is 16.8 Å². The Labute approximate surface area is 205 Å². The van der Waals surface area contributed by atoms with E-state index in [2.05, 4.69) is 15.0 Å². The molecule has 10 heteroatoms. The fourth-order valence-corrected chi connectivity index (χ4v) is 3.91. The van der Waals surface area contributed by atoms with E-state index in [9.17, 15) is 9.59 Å². The molecule has 0 aliphatic heterocycles. The van der Waals surface area contributed by atoms with Crippen LogP contribution in [-0.4, -0.2) is 37.5 Å². The second-order valence-electron chi connectivity index (χ2n) is 7.38. The maximum Gasteiger partial charge on any atom is 0.329 e. The van der Waals surface area contributed by atoms with Gasteiger partial charge >= 0.3 is 6.03 Å². The van der Waals surface area contributed by atoms with Gasteiger partial charge in [0.05, 0.1) is 21.3 Å². The predicted octanol–water partition coefficient (Wildman–Crippen LogP) is 5.44. The second-order valence-corrected chi connectivity index (χ2v) is 8.16. The number of anilines is 1. The van der Waals surface area contributed by atoms with Crippen molar-refractivity contribution in [2.45, 2.75) is 6.92 Å². The Kier molecular flexibility index (Phi) is 7.11. The highest BCUT2D eigenvalue weighted by Gasteiger charge is 2.18. The van der Waals surface area contributed by atoms with E-state index in [1.165, 1.54) is 33.5 Å². The molecule has 0 fully saturated rings. The topological polar surface area (TPSA) is 112 Å². The number of oxazole rings is 1. The number of aryl methyl sites for hydroxylation is 1. The SMILES string of the molecule is COc1cc(C(=O)SNC(=O)Nc2ccc3oc(-c4ccccc4C)nc3c2)cc(OC)c1OC. The predicted molar refractivity (Wildman–Crippen MR) is 134 cm³/mol. The van der Waals surface area contributed by atoms with E-state index in [0.717, 1.165) is 11.1 Å². The van der Waals surface area contributed by atoms with E-state index in [1.54, 1.807) is 18.2 Å². The molecule has 0 unspecified atom stereocenters. The number of rotatable bonds is 6. The van der Waals surface area contributed by atoms with Gasteiger partial charge in [-0.1, -0.05) is 18.2 Å². The fraction of sp³-hybridized carbons (Fsp3) is 0.160. The number of hydrogen-bond donors (Lipinski definition) is 2. The molecule has 0 saturated carbocycles. The number of urea groups is 1. The van der Waals surface area contributed by atoms with Crippen molar-refractivity contribution < 1.29 is 28.2 Å². The molecule has 3 aromatic carbocycles. The summed E-state index contributed by atoms with van der Waals surface area (Å²) < 4.78 is 24.1. The van der Waals surface area contributed by atoms with Crippen molar-refractivity contribution in [2.24, 2.45) is 0 Å². The number of benzene rings is 3. The molecule has 0 radical (unpaired) electrons. The van der Waals surface area contributed by atoms with Gasteiger partial charge in [0, 0.05) is 28.8 Å². The maximum absolute atomic E-state index is 12.6. The van der Waals surface area contributed by atoms with Crippen LogP contribution in [0.3, 0.4) is 0 Å². The van der Waals surface area contributed by atoms with Crippen LogP contribution in [0.1, 0.15) is 15.9 Å². The number of aromatic nitrogens is 1. The van der Waals surface area contributed by atoms with E-state index in [1.807, 2.05) is 31.2 Å². The summed E-state index contributed by atoms with van der Waals surface area (Å²) in [7, 11) is 4.39. The Hall–Kier alpha value is -4.18. The van der Waals surface area contributed by atoms with Gasteiger partial charge in [-0.2, -0.15) is 0 Å². The third kappa shape index (κ3) is 5.17. The summed E-state index contributed by atoms with van der Waals surface area (Å²) in [6.45, 7) is 1.98. The first-order valence-corrected chi connectivity index (χ1v) is 11.3. The van der Waals surface area contributed by atoms with Crippen molar-refractivity contribution in [1.82, 2.24) is 9.71 Å². The molecule has 0 saturated heterocycles. The highest BCUT2D eigenvalue weighted by Crippen LogP contribution is 2.38. The lowest BCUT2D eigenvalue weighted by molar-refractivity contribution is 0.108. The average molecular weight is 494 g/mol. The van der Waals surface area contributed by atoms with Gasteiger partial charge in [-0.15, -0.1) is 0 Å². The second kappa shape index (κ2) is 10.4. The van der Waals surface area contributed by atoms with Crippen molar-refractivity contribution >= 4 is 39.9 Å². The number of amides is 2. The van der Waals surface area contributed by atoms with Gasteiger partial charge in [0.1, 0.15) is 5.52 Å². The molecule has 0 spiro atoms. The smallest absolute Gasteiger partial charge is 0.329 e. The normalized spacial score (nSPS) is 10.6. The van der Waals surface area contributed by atoms with Crippen LogP contribution in [0.2, 0.25) is 0 Å². The van der Waals surface area contributed by atoms with E-state index in [0.29, 0.717) is 51.9 Å². The summed E-state index contributed by atoms with van der Waals surface area (Å²) in [5.41, 5.74) is 3.92. The largest absolute Gasteiger partial charge is 0.493 e. The first-order chi connectivity index (χ1) is 16.9. The fourth-order valence-electron chi connectivity index (χ4n) is 3.44. The molecule has 4 rings (SSSR count). The van der Waals surface area contributed by atoms with Crippen LogP contribution in [0.4, 0.5) is 10.5 Å². The van der Waals surface area contributed by atoms with Gasteiger partial charge in [-0.3, -0.25) is 9.52 Å². The molecule has 0 atom stereocenters. The molecule has 180 valence electrons. The molecule has 35 heavy (non-hydrogen) atoms. The summed E-state index contributed by atoms with van der Waals surface area (Å²) in [5, 5.41) is 2.28. The number of carbonyl (C=O) groups is 2. The van der Waals surface area contributed by atoms with Gasteiger partial charge < -0.3 is 23.9 Å². The number of fused-ring (bicyclic) bond motifs is 1. The Morgan fingerprint density at radius 1 is 0.943 bits per heavy atom. The highest BCUT2D eigenvalue weighted by atomic mass is 32.2. The number of methoxy groups -OCH3 is 3. The minimum absolute atomic E-state index is 0.276. The van der Waals surface area contributed by atoms with Crippen LogP contribution in [0.5, 0.6) is 17.2 Å².